The average Bonchev–Trinajstić information content (AvgIpc) is 2.34. The Morgan fingerprint density at radius 3 is 2.65 bits per heavy atom. The van der Waals surface area contributed by atoms with Crippen LogP contribution in [0.2, 0.25) is 5.02 Å². The highest BCUT2D eigenvalue weighted by atomic mass is 35.5. The van der Waals surface area contributed by atoms with Crippen molar-refractivity contribution in [3.63, 3.8) is 0 Å². The highest BCUT2D eigenvalue weighted by molar-refractivity contribution is 6.32. The van der Waals surface area contributed by atoms with Crippen LogP contribution in [0.25, 0.3) is 0 Å². The number of benzene rings is 1. The summed E-state index contributed by atoms with van der Waals surface area (Å²) in [6.07, 6.45) is -3.56. The van der Waals surface area contributed by atoms with Crippen LogP contribution in [0.4, 0.5) is 30.6 Å². The third-order valence-corrected chi connectivity index (χ3v) is 2.41. The molecule has 0 aliphatic carbocycles. The first-order valence-electron chi connectivity index (χ1n) is 5.25. The minimum atomic E-state index is -4.80. The van der Waals surface area contributed by atoms with E-state index in [0.29, 0.717) is 0 Å². The molecule has 0 aliphatic heterocycles. The first-order chi connectivity index (χ1) is 9.35. The summed E-state index contributed by atoms with van der Waals surface area (Å²) in [6, 6.07) is 5.48. The maximum absolute atomic E-state index is 12.3. The van der Waals surface area contributed by atoms with Crippen molar-refractivity contribution in [2.75, 3.05) is 11.1 Å². The number of hydrogen-bond donors (Lipinski definition) is 2. The van der Waals surface area contributed by atoms with Crippen LogP contribution in [0.5, 0.6) is 5.75 Å². The molecular weight excluding hydrogens is 297 g/mol. The van der Waals surface area contributed by atoms with Crippen molar-refractivity contribution in [1.29, 1.82) is 0 Å². The minimum Gasteiger partial charge on any atom is -0.404 e. The molecule has 1 heterocycles. The third-order valence-electron chi connectivity index (χ3n) is 2.13. The fourth-order valence-corrected chi connectivity index (χ4v) is 1.52. The van der Waals surface area contributed by atoms with Gasteiger partial charge in [-0.1, -0.05) is 23.7 Å². The number of nitrogens with two attached hydrogens (primary N) is 1. The van der Waals surface area contributed by atoms with Crippen LogP contribution in [-0.2, 0) is 0 Å². The topological polar surface area (TPSA) is 73.1 Å². The second-order valence-electron chi connectivity index (χ2n) is 3.59. The smallest absolute Gasteiger partial charge is 0.404 e. The number of nitrogens with one attached hydrogen (secondary N) is 1. The summed E-state index contributed by atoms with van der Waals surface area (Å²) in [6.45, 7) is 0. The predicted octanol–water partition coefficient (Wildman–Crippen LogP) is 3.35. The molecule has 2 rings (SSSR count). The molecule has 106 valence electrons. The Kier molecular flexibility index (Phi) is 3.84. The number of rotatable bonds is 3. The quantitative estimate of drug-likeness (QED) is 0.909. The van der Waals surface area contributed by atoms with Gasteiger partial charge in [-0.2, -0.15) is 4.98 Å². The van der Waals surface area contributed by atoms with E-state index in [2.05, 4.69) is 20.0 Å². The lowest BCUT2D eigenvalue weighted by Crippen LogP contribution is -2.18. The zero-order chi connectivity index (χ0) is 14.8. The molecule has 0 saturated carbocycles. The first kappa shape index (κ1) is 14.2. The second-order valence-corrected chi connectivity index (χ2v) is 4.00. The summed E-state index contributed by atoms with van der Waals surface area (Å²) in [5.41, 5.74) is 5.43. The van der Waals surface area contributed by atoms with E-state index >= 15 is 0 Å². The van der Waals surface area contributed by atoms with Crippen molar-refractivity contribution >= 4 is 29.1 Å². The van der Waals surface area contributed by atoms with Crippen molar-refractivity contribution in [3.05, 3.63) is 35.5 Å². The number of para-hydroxylation sites is 2. The van der Waals surface area contributed by atoms with Gasteiger partial charge < -0.3 is 15.8 Å². The number of anilines is 3. The van der Waals surface area contributed by atoms with Gasteiger partial charge in [-0.3, -0.25) is 0 Å². The highest BCUT2D eigenvalue weighted by Crippen LogP contribution is 2.33. The summed E-state index contributed by atoms with van der Waals surface area (Å²) in [7, 11) is 0. The van der Waals surface area contributed by atoms with Crippen molar-refractivity contribution < 1.29 is 17.9 Å². The van der Waals surface area contributed by atoms with Gasteiger partial charge in [-0.25, -0.2) is 4.98 Å². The van der Waals surface area contributed by atoms with Crippen LogP contribution in [0.1, 0.15) is 0 Å². The lowest BCUT2D eigenvalue weighted by Gasteiger charge is -2.14. The fraction of sp³-hybridized carbons (Fsp3) is 0.0909. The maximum atomic E-state index is 12.3. The standard InChI is InChI=1S/C11H8ClF3N4O/c12-6-5-17-10(16)19-9(6)18-7-3-1-2-4-8(7)20-11(13,14)15/h1-5H,(H3,16,17,18,19). The van der Waals surface area contributed by atoms with Gasteiger partial charge in [0, 0.05) is 0 Å². The summed E-state index contributed by atoms with van der Waals surface area (Å²) in [4.78, 5) is 7.44. The SMILES string of the molecule is Nc1ncc(Cl)c(Nc2ccccc2OC(F)(F)F)n1. The minimum absolute atomic E-state index is 0.0461. The van der Waals surface area contributed by atoms with E-state index in [9.17, 15) is 13.2 Å². The maximum Gasteiger partial charge on any atom is 0.573 e. The van der Waals surface area contributed by atoms with Gasteiger partial charge in [0.15, 0.2) is 11.6 Å². The number of hydrogen-bond acceptors (Lipinski definition) is 5. The molecule has 5 nitrogen and oxygen atoms in total. The van der Waals surface area contributed by atoms with Crippen LogP contribution in [-0.4, -0.2) is 16.3 Å². The number of ether oxygens (including phenoxy) is 1. The van der Waals surface area contributed by atoms with E-state index in [1.807, 2.05) is 0 Å². The second kappa shape index (κ2) is 5.41. The highest BCUT2D eigenvalue weighted by Gasteiger charge is 2.32. The molecule has 0 spiro atoms. The molecule has 0 fully saturated rings. The molecule has 9 heteroatoms. The van der Waals surface area contributed by atoms with Crippen molar-refractivity contribution in [1.82, 2.24) is 9.97 Å². The van der Waals surface area contributed by atoms with E-state index in [0.717, 1.165) is 6.07 Å². The van der Waals surface area contributed by atoms with Crippen LogP contribution in [0.3, 0.4) is 0 Å². The van der Waals surface area contributed by atoms with E-state index in [1.165, 1.54) is 24.4 Å². The number of aromatic nitrogens is 2. The van der Waals surface area contributed by atoms with Gasteiger partial charge in [0.25, 0.3) is 0 Å². The Balaban J connectivity index is 2.32. The Morgan fingerprint density at radius 1 is 1.25 bits per heavy atom. The number of alkyl halides is 3. The van der Waals surface area contributed by atoms with Crippen LogP contribution < -0.4 is 15.8 Å². The summed E-state index contributed by atoms with van der Waals surface area (Å²) < 4.78 is 40.7. The average molecular weight is 305 g/mol. The van der Waals surface area contributed by atoms with E-state index in [1.54, 1.807) is 0 Å². The summed E-state index contributed by atoms with van der Waals surface area (Å²) in [5.74, 6) is -0.392. The van der Waals surface area contributed by atoms with Gasteiger partial charge in [-0.15, -0.1) is 13.2 Å². The van der Waals surface area contributed by atoms with E-state index < -0.39 is 12.1 Å². The molecule has 0 aliphatic rings. The van der Waals surface area contributed by atoms with Crippen LogP contribution >= 0.6 is 11.6 Å². The Labute approximate surface area is 116 Å². The monoisotopic (exact) mass is 304 g/mol. The predicted molar refractivity (Wildman–Crippen MR) is 67.9 cm³/mol. The van der Waals surface area contributed by atoms with Crippen molar-refractivity contribution in [3.8, 4) is 5.75 Å². The molecular formula is C11H8ClF3N4O. The third kappa shape index (κ3) is 3.64. The van der Waals surface area contributed by atoms with Gasteiger partial charge in [0.2, 0.25) is 5.95 Å². The van der Waals surface area contributed by atoms with Crippen molar-refractivity contribution in [2.24, 2.45) is 0 Å². The van der Waals surface area contributed by atoms with Crippen LogP contribution in [0, 0.1) is 0 Å². The molecule has 3 N–H and O–H groups in total. The molecule has 0 amide bonds. The normalized spacial score (nSPS) is 11.2. The summed E-state index contributed by atoms with van der Waals surface area (Å²) >= 11 is 5.83. The Morgan fingerprint density at radius 2 is 1.95 bits per heavy atom. The molecule has 0 unspecified atom stereocenters. The van der Waals surface area contributed by atoms with E-state index in [4.69, 9.17) is 17.3 Å². The zero-order valence-electron chi connectivity index (χ0n) is 9.78. The van der Waals surface area contributed by atoms with Gasteiger partial charge in [-0.05, 0) is 12.1 Å². The molecule has 1 aromatic heterocycles. The molecule has 1 aromatic carbocycles. The number of halogens is 4. The Bertz CT molecular complexity index is 621. The largest absolute Gasteiger partial charge is 0.573 e. The lowest BCUT2D eigenvalue weighted by atomic mass is 10.3. The zero-order valence-corrected chi connectivity index (χ0v) is 10.5. The molecule has 2 aromatic rings. The molecule has 0 bridgehead atoms. The molecule has 0 radical (unpaired) electrons. The lowest BCUT2D eigenvalue weighted by molar-refractivity contribution is -0.274. The molecule has 0 atom stereocenters. The summed E-state index contributed by atoms with van der Waals surface area (Å²) in [5, 5.41) is 2.73. The molecule has 0 saturated heterocycles. The van der Waals surface area contributed by atoms with Gasteiger partial charge in [0.05, 0.1) is 11.9 Å². The van der Waals surface area contributed by atoms with Gasteiger partial charge in [0.1, 0.15) is 5.02 Å². The van der Waals surface area contributed by atoms with Gasteiger partial charge >= 0.3 is 6.36 Å². The fourth-order valence-electron chi connectivity index (χ4n) is 1.38. The van der Waals surface area contributed by atoms with E-state index in [-0.39, 0.29) is 22.5 Å². The Hall–Kier alpha value is -2.22. The molecule has 20 heavy (non-hydrogen) atoms. The number of nitrogens with zero attached hydrogens (tertiary/aromatic N) is 2. The van der Waals surface area contributed by atoms with Crippen molar-refractivity contribution in [2.45, 2.75) is 6.36 Å². The first-order valence-corrected chi connectivity index (χ1v) is 5.63. The number of nitrogen functional groups attached to an aromatic ring is 1. The van der Waals surface area contributed by atoms with Crippen LogP contribution in [0.15, 0.2) is 30.5 Å².